The topological polar surface area (TPSA) is 29.3 Å². The van der Waals surface area contributed by atoms with E-state index in [1.54, 1.807) is 0 Å². The van der Waals surface area contributed by atoms with E-state index in [4.69, 9.17) is 18.0 Å². The summed E-state index contributed by atoms with van der Waals surface area (Å²) in [6.45, 7) is 4.29. The van der Waals surface area contributed by atoms with Crippen molar-refractivity contribution in [3.05, 3.63) is 28.2 Å². The van der Waals surface area contributed by atoms with E-state index < -0.39 is 0 Å². The summed E-state index contributed by atoms with van der Waals surface area (Å²) >= 11 is 8.68. The highest BCUT2D eigenvalue weighted by atomic mass is 79.9. The summed E-state index contributed by atoms with van der Waals surface area (Å²) in [7, 11) is 0. The van der Waals surface area contributed by atoms with Crippen LogP contribution in [0.1, 0.15) is 31.7 Å². The minimum absolute atomic E-state index is 0.476. The van der Waals surface area contributed by atoms with Crippen LogP contribution in [0, 0.1) is 5.92 Å². The molecule has 1 aromatic rings. The molecule has 2 N–H and O–H groups in total. The number of rotatable bonds is 5. The monoisotopic (exact) mass is 326 g/mol. The molecule has 1 fully saturated rings. The van der Waals surface area contributed by atoms with Crippen molar-refractivity contribution in [1.29, 1.82) is 0 Å². The molecule has 0 aromatic heterocycles. The lowest BCUT2D eigenvalue weighted by Gasteiger charge is -2.34. The van der Waals surface area contributed by atoms with Crippen LogP contribution >= 0.6 is 28.1 Å². The number of benzene rings is 1. The van der Waals surface area contributed by atoms with Crippen molar-refractivity contribution < 1.29 is 0 Å². The Labute approximate surface area is 123 Å². The maximum Gasteiger partial charge on any atom is 0.106 e. The number of halogens is 1. The number of nitrogens with zero attached hydrogens (tertiary/aromatic N) is 1. The van der Waals surface area contributed by atoms with Crippen LogP contribution in [0.3, 0.4) is 0 Å². The quantitative estimate of drug-likeness (QED) is 0.836. The van der Waals surface area contributed by atoms with Crippen LogP contribution in [-0.2, 0) is 0 Å². The average molecular weight is 327 g/mol. The number of hydrogen-bond donors (Lipinski definition) is 1. The Morgan fingerprint density at radius 1 is 1.50 bits per heavy atom. The molecule has 0 heterocycles. The smallest absolute Gasteiger partial charge is 0.106 e. The zero-order chi connectivity index (χ0) is 13.1. The lowest BCUT2D eigenvalue weighted by atomic mass is 9.85. The molecule has 1 aromatic carbocycles. The first-order valence-corrected chi connectivity index (χ1v) is 7.66. The number of hydrogen-bond acceptors (Lipinski definition) is 2. The van der Waals surface area contributed by atoms with Gasteiger partial charge in [0.2, 0.25) is 0 Å². The van der Waals surface area contributed by atoms with Crippen molar-refractivity contribution in [1.82, 2.24) is 0 Å². The molecule has 1 saturated carbocycles. The summed E-state index contributed by atoms with van der Waals surface area (Å²) in [5.41, 5.74) is 7.96. The third-order valence-electron chi connectivity index (χ3n) is 3.65. The zero-order valence-electron chi connectivity index (χ0n) is 10.7. The van der Waals surface area contributed by atoms with Gasteiger partial charge in [0.05, 0.1) is 0 Å². The van der Waals surface area contributed by atoms with Gasteiger partial charge in [-0.3, -0.25) is 0 Å². The second kappa shape index (κ2) is 6.02. The molecule has 2 nitrogen and oxygen atoms in total. The normalized spacial score (nSPS) is 15.2. The SMILES string of the molecule is CCN(CC1CCC1)c1cc(Br)ccc1C(N)=S. The molecule has 0 saturated heterocycles. The van der Waals surface area contributed by atoms with Crippen LogP contribution in [0.4, 0.5) is 5.69 Å². The van der Waals surface area contributed by atoms with Gasteiger partial charge >= 0.3 is 0 Å². The maximum atomic E-state index is 5.82. The summed E-state index contributed by atoms with van der Waals surface area (Å²) in [5.74, 6) is 0.836. The van der Waals surface area contributed by atoms with Crippen LogP contribution in [0.2, 0.25) is 0 Å². The Morgan fingerprint density at radius 2 is 2.22 bits per heavy atom. The molecular weight excluding hydrogens is 308 g/mol. The molecule has 0 amide bonds. The van der Waals surface area contributed by atoms with Crippen molar-refractivity contribution in [3.8, 4) is 0 Å². The molecule has 0 radical (unpaired) electrons. The molecule has 0 aliphatic heterocycles. The second-order valence-electron chi connectivity index (χ2n) is 4.86. The van der Waals surface area contributed by atoms with Gasteiger partial charge in [0.15, 0.2) is 0 Å². The van der Waals surface area contributed by atoms with Crippen LogP contribution in [0.15, 0.2) is 22.7 Å². The molecule has 2 rings (SSSR count). The largest absolute Gasteiger partial charge is 0.389 e. The van der Waals surface area contributed by atoms with Gasteiger partial charge in [-0.2, -0.15) is 0 Å². The number of nitrogens with two attached hydrogens (primary N) is 1. The Kier molecular flexibility index (Phi) is 4.62. The minimum Gasteiger partial charge on any atom is -0.389 e. The van der Waals surface area contributed by atoms with E-state index in [0.717, 1.165) is 34.7 Å². The fourth-order valence-corrected chi connectivity index (χ4v) is 2.88. The predicted octanol–water partition coefficient (Wildman–Crippen LogP) is 3.71. The minimum atomic E-state index is 0.476. The van der Waals surface area contributed by atoms with E-state index in [1.165, 1.54) is 19.3 Å². The van der Waals surface area contributed by atoms with E-state index in [-0.39, 0.29) is 0 Å². The zero-order valence-corrected chi connectivity index (χ0v) is 13.1. The number of thiocarbonyl (C=S) groups is 1. The predicted molar refractivity (Wildman–Crippen MR) is 85.3 cm³/mol. The van der Waals surface area contributed by atoms with Crippen LogP contribution < -0.4 is 10.6 Å². The Hall–Kier alpha value is -0.610. The Morgan fingerprint density at radius 3 is 2.72 bits per heavy atom. The van der Waals surface area contributed by atoms with Gasteiger partial charge in [0, 0.05) is 28.8 Å². The Balaban J connectivity index is 2.26. The molecule has 1 aliphatic carbocycles. The summed E-state index contributed by atoms with van der Waals surface area (Å²) in [6.07, 6.45) is 4.09. The molecule has 0 bridgehead atoms. The van der Waals surface area contributed by atoms with Gasteiger partial charge in [-0.05, 0) is 43.9 Å². The first-order valence-electron chi connectivity index (χ1n) is 6.46. The second-order valence-corrected chi connectivity index (χ2v) is 6.22. The van der Waals surface area contributed by atoms with Gasteiger partial charge in [0.25, 0.3) is 0 Å². The van der Waals surface area contributed by atoms with E-state index >= 15 is 0 Å². The lowest BCUT2D eigenvalue weighted by molar-refractivity contribution is 0.318. The third kappa shape index (κ3) is 3.04. The first-order chi connectivity index (χ1) is 8.61. The van der Waals surface area contributed by atoms with E-state index in [9.17, 15) is 0 Å². The third-order valence-corrected chi connectivity index (χ3v) is 4.36. The molecule has 4 heteroatoms. The van der Waals surface area contributed by atoms with Gasteiger partial charge in [-0.1, -0.05) is 34.6 Å². The van der Waals surface area contributed by atoms with E-state index in [2.05, 4.69) is 33.8 Å². The van der Waals surface area contributed by atoms with E-state index in [1.807, 2.05) is 12.1 Å². The standard InChI is InChI=1S/C14H19BrN2S/c1-2-17(9-10-4-3-5-10)13-8-11(15)6-7-12(13)14(16)18/h6-8,10H,2-5,9H2,1H3,(H2,16,18). The van der Waals surface area contributed by atoms with Crippen molar-refractivity contribution in [2.24, 2.45) is 11.7 Å². The van der Waals surface area contributed by atoms with Gasteiger partial charge < -0.3 is 10.6 Å². The summed E-state index contributed by atoms with van der Waals surface area (Å²) in [4.78, 5) is 2.87. The fourth-order valence-electron chi connectivity index (χ4n) is 2.36. The van der Waals surface area contributed by atoms with Crippen LogP contribution in [-0.4, -0.2) is 18.1 Å². The van der Waals surface area contributed by atoms with E-state index in [0.29, 0.717) is 4.99 Å². The lowest BCUT2D eigenvalue weighted by Crippen LogP contribution is -2.33. The molecule has 0 spiro atoms. The van der Waals surface area contributed by atoms with Crippen LogP contribution in [0.25, 0.3) is 0 Å². The molecule has 0 unspecified atom stereocenters. The fraction of sp³-hybridized carbons (Fsp3) is 0.500. The van der Waals surface area contributed by atoms with Crippen molar-refractivity contribution in [2.45, 2.75) is 26.2 Å². The van der Waals surface area contributed by atoms with Gasteiger partial charge in [-0.25, -0.2) is 0 Å². The van der Waals surface area contributed by atoms with Gasteiger partial charge in [0.1, 0.15) is 4.99 Å². The maximum absolute atomic E-state index is 5.82. The van der Waals surface area contributed by atoms with Crippen molar-refractivity contribution >= 4 is 38.8 Å². The highest BCUT2D eigenvalue weighted by molar-refractivity contribution is 9.10. The van der Waals surface area contributed by atoms with Crippen molar-refractivity contribution in [2.75, 3.05) is 18.0 Å². The summed E-state index contributed by atoms with van der Waals surface area (Å²) in [5, 5.41) is 0. The van der Waals surface area contributed by atoms with Gasteiger partial charge in [-0.15, -0.1) is 0 Å². The molecule has 18 heavy (non-hydrogen) atoms. The first kappa shape index (κ1) is 13.8. The van der Waals surface area contributed by atoms with Crippen molar-refractivity contribution in [3.63, 3.8) is 0 Å². The van der Waals surface area contributed by atoms with Crippen LogP contribution in [0.5, 0.6) is 0 Å². The molecule has 0 atom stereocenters. The summed E-state index contributed by atoms with van der Waals surface area (Å²) in [6, 6.07) is 6.12. The highest BCUT2D eigenvalue weighted by Gasteiger charge is 2.21. The summed E-state index contributed by atoms with van der Waals surface area (Å²) < 4.78 is 1.07. The Bertz CT molecular complexity index is 443. The molecule has 1 aliphatic rings. The molecule has 98 valence electrons. The molecular formula is C14H19BrN2S. The highest BCUT2D eigenvalue weighted by Crippen LogP contribution is 2.31. The average Bonchev–Trinajstić information content (AvgIpc) is 2.27. The number of anilines is 1.